The molecular weight excluding hydrogens is 256 g/mol. The summed E-state index contributed by atoms with van der Waals surface area (Å²) in [6.45, 7) is 2.21. The lowest BCUT2D eigenvalue weighted by atomic mass is 10.1. The predicted molar refractivity (Wildman–Crippen MR) is 76.2 cm³/mol. The summed E-state index contributed by atoms with van der Waals surface area (Å²) in [5.74, 6) is 0.285. The van der Waals surface area contributed by atoms with Crippen molar-refractivity contribution in [2.24, 2.45) is 5.92 Å². The number of carbonyl (C=O) groups excluding carboxylic acids is 1. The summed E-state index contributed by atoms with van der Waals surface area (Å²) >= 11 is 0. The van der Waals surface area contributed by atoms with E-state index in [9.17, 15) is 9.90 Å². The first kappa shape index (κ1) is 14.8. The minimum Gasteiger partial charge on any atom is -0.449 e. The SMILES string of the molecule is CNC(=O)OC[C@H]1C[C@@H](CO)N(Cc2ccccc2)C1. The van der Waals surface area contributed by atoms with Gasteiger partial charge in [-0.05, 0) is 12.0 Å². The lowest BCUT2D eigenvalue weighted by molar-refractivity contribution is 0.128. The van der Waals surface area contributed by atoms with Crippen LogP contribution in [0.3, 0.4) is 0 Å². The average Bonchev–Trinajstić information content (AvgIpc) is 2.88. The van der Waals surface area contributed by atoms with Gasteiger partial charge in [0.15, 0.2) is 0 Å². The summed E-state index contributed by atoms with van der Waals surface area (Å²) in [5.41, 5.74) is 1.24. The Kier molecular flexibility index (Phi) is 5.38. The molecule has 1 aliphatic heterocycles. The van der Waals surface area contributed by atoms with Crippen molar-refractivity contribution in [3.8, 4) is 0 Å². The fraction of sp³-hybridized carbons (Fsp3) is 0.533. The standard InChI is InChI=1S/C15H22N2O3/c1-16-15(19)20-11-13-7-14(10-18)17(9-13)8-12-5-3-2-4-6-12/h2-6,13-14,18H,7-11H2,1H3,(H,16,19)/t13-,14-/m0/s1. The number of aliphatic hydroxyl groups is 1. The van der Waals surface area contributed by atoms with Crippen LogP contribution in [0.1, 0.15) is 12.0 Å². The van der Waals surface area contributed by atoms with Crippen LogP contribution >= 0.6 is 0 Å². The molecule has 0 saturated carbocycles. The van der Waals surface area contributed by atoms with Crippen molar-refractivity contribution in [2.45, 2.75) is 19.0 Å². The van der Waals surface area contributed by atoms with Crippen molar-refractivity contribution in [3.63, 3.8) is 0 Å². The highest BCUT2D eigenvalue weighted by Crippen LogP contribution is 2.25. The molecule has 0 aliphatic carbocycles. The van der Waals surface area contributed by atoms with Crippen LogP contribution in [0.25, 0.3) is 0 Å². The average molecular weight is 278 g/mol. The zero-order chi connectivity index (χ0) is 14.4. The zero-order valence-electron chi connectivity index (χ0n) is 11.8. The van der Waals surface area contributed by atoms with Crippen molar-refractivity contribution in [1.82, 2.24) is 10.2 Å². The minimum atomic E-state index is -0.396. The molecule has 20 heavy (non-hydrogen) atoms. The van der Waals surface area contributed by atoms with Gasteiger partial charge in [0, 0.05) is 32.1 Å². The van der Waals surface area contributed by atoms with Gasteiger partial charge in [-0.3, -0.25) is 4.90 Å². The Bertz CT molecular complexity index is 424. The first-order chi connectivity index (χ1) is 9.72. The Morgan fingerprint density at radius 1 is 1.45 bits per heavy atom. The van der Waals surface area contributed by atoms with Crippen molar-refractivity contribution in [1.29, 1.82) is 0 Å². The number of alkyl carbamates (subject to hydrolysis) is 1. The number of rotatable bonds is 5. The lowest BCUT2D eigenvalue weighted by Gasteiger charge is -2.22. The normalized spacial score (nSPS) is 22.7. The number of hydrogen-bond donors (Lipinski definition) is 2. The van der Waals surface area contributed by atoms with E-state index in [0.29, 0.717) is 6.61 Å². The van der Waals surface area contributed by atoms with E-state index in [1.807, 2.05) is 18.2 Å². The maximum absolute atomic E-state index is 11.1. The van der Waals surface area contributed by atoms with Gasteiger partial charge in [-0.15, -0.1) is 0 Å². The van der Waals surface area contributed by atoms with Crippen LogP contribution in [0.15, 0.2) is 30.3 Å². The fourth-order valence-corrected chi connectivity index (χ4v) is 2.68. The van der Waals surface area contributed by atoms with E-state index in [1.165, 1.54) is 5.56 Å². The van der Waals surface area contributed by atoms with Gasteiger partial charge in [0.05, 0.1) is 13.2 Å². The summed E-state index contributed by atoms with van der Waals surface area (Å²) in [6, 6.07) is 10.4. The molecule has 110 valence electrons. The molecule has 0 bridgehead atoms. The number of nitrogens with zero attached hydrogens (tertiary/aromatic N) is 1. The molecule has 0 radical (unpaired) electrons. The van der Waals surface area contributed by atoms with E-state index in [4.69, 9.17) is 4.74 Å². The predicted octanol–water partition coefficient (Wildman–Crippen LogP) is 1.23. The number of benzene rings is 1. The number of aliphatic hydroxyl groups excluding tert-OH is 1. The lowest BCUT2D eigenvalue weighted by Crippen LogP contribution is -2.31. The van der Waals surface area contributed by atoms with Gasteiger partial charge in [0.1, 0.15) is 0 Å². The largest absolute Gasteiger partial charge is 0.449 e. The van der Waals surface area contributed by atoms with Gasteiger partial charge in [0.2, 0.25) is 0 Å². The van der Waals surface area contributed by atoms with Gasteiger partial charge in [-0.1, -0.05) is 30.3 Å². The Morgan fingerprint density at radius 3 is 2.85 bits per heavy atom. The summed E-state index contributed by atoms with van der Waals surface area (Å²) in [4.78, 5) is 13.4. The van der Waals surface area contributed by atoms with Crippen LogP contribution in [-0.4, -0.2) is 48.9 Å². The first-order valence-corrected chi connectivity index (χ1v) is 6.96. The molecule has 1 saturated heterocycles. The molecule has 1 fully saturated rings. The molecule has 2 atom stereocenters. The number of hydrogen-bond acceptors (Lipinski definition) is 4. The Hall–Kier alpha value is -1.59. The third-order valence-electron chi connectivity index (χ3n) is 3.71. The van der Waals surface area contributed by atoms with Crippen LogP contribution in [0.5, 0.6) is 0 Å². The molecule has 1 aliphatic rings. The van der Waals surface area contributed by atoms with E-state index in [0.717, 1.165) is 19.5 Å². The molecule has 0 spiro atoms. The molecule has 0 aromatic heterocycles. The highest BCUT2D eigenvalue weighted by atomic mass is 16.5. The van der Waals surface area contributed by atoms with Crippen LogP contribution in [-0.2, 0) is 11.3 Å². The van der Waals surface area contributed by atoms with Gasteiger partial charge < -0.3 is 15.2 Å². The second-order valence-electron chi connectivity index (χ2n) is 5.20. The van der Waals surface area contributed by atoms with Crippen LogP contribution in [0.4, 0.5) is 4.79 Å². The molecule has 1 aromatic rings. The Morgan fingerprint density at radius 2 is 2.20 bits per heavy atom. The highest BCUT2D eigenvalue weighted by molar-refractivity contribution is 5.66. The second-order valence-corrected chi connectivity index (χ2v) is 5.20. The molecule has 1 amide bonds. The molecule has 5 nitrogen and oxygen atoms in total. The molecule has 2 rings (SSSR count). The van der Waals surface area contributed by atoms with E-state index >= 15 is 0 Å². The number of likely N-dealkylation sites (tertiary alicyclic amines) is 1. The number of nitrogens with one attached hydrogen (secondary N) is 1. The first-order valence-electron chi connectivity index (χ1n) is 6.96. The molecule has 0 unspecified atom stereocenters. The Labute approximate surface area is 119 Å². The van der Waals surface area contributed by atoms with Gasteiger partial charge in [0.25, 0.3) is 0 Å². The maximum Gasteiger partial charge on any atom is 0.406 e. The third-order valence-corrected chi connectivity index (χ3v) is 3.71. The van der Waals surface area contributed by atoms with Gasteiger partial charge >= 0.3 is 6.09 Å². The van der Waals surface area contributed by atoms with E-state index in [1.54, 1.807) is 7.05 Å². The Balaban J connectivity index is 1.88. The summed E-state index contributed by atoms with van der Waals surface area (Å²) in [7, 11) is 1.55. The van der Waals surface area contributed by atoms with Crippen molar-refractivity contribution in [3.05, 3.63) is 35.9 Å². The van der Waals surface area contributed by atoms with Crippen LogP contribution in [0.2, 0.25) is 0 Å². The van der Waals surface area contributed by atoms with E-state index in [-0.39, 0.29) is 18.6 Å². The third kappa shape index (κ3) is 3.95. The fourth-order valence-electron chi connectivity index (χ4n) is 2.68. The molecule has 5 heteroatoms. The monoisotopic (exact) mass is 278 g/mol. The summed E-state index contributed by atoms with van der Waals surface area (Å²) < 4.78 is 5.11. The van der Waals surface area contributed by atoms with E-state index < -0.39 is 6.09 Å². The minimum absolute atomic E-state index is 0.142. The van der Waals surface area contributed by atoms with Gasteiger partial charge in [-0.25, -0.2) is 4.79 Å². The smallest absolute Gasteiger partial charge is 0.406 e. The second kappa shape index (κ2) is 7.26. The van der Waals surface area contributed by atoms with Crippen molar-refractivity contribution >= 4 is 6.09 Å². The van der Waals surface area contributed by atoms with E-state index in [2.05, 4.69) is 22.3 Å². The highest BCUT2D eigenvalue weighted by Gasteiger charge is 2.32. The van der Waals surface area contributed by atoms with Gasteiger partial charge in [-0.2, -0.15) is 0 Å². The number of carbonyl (C=O) groups is 1. The molecular formula is C15H22N2O3. The molecule has 1 heterocycles. The number of ether oxygens (including phenoxy) is 1. The van der Waals surface area contributed by atoms with Crippen molar-refractivity contribution in [2.75, 3.05) is 26.8 Å². The van der Waals surface area contributed by atoms with Crippen LogP contribution < -0.4 is 5.32 Å². The number of amides is 1. The summed E-state index contributed by atoms with van der Waals surface area (Å²) in [6.07, 6.45) is 0.465. The maximum atomic E-state index is 11.1. The zero-order valence-corrected chi connectivity index (χ0v) is 11.8. The summed E-state index contributed by atoms with van der Waals surface area (Å²) in [5, 5.41) is 11.9. The molecule has 2 N–H and O–H groups in total. The topological polar surface area (TPSA) is 61.8 Å². The van der Waals surface area contributed by atoms with Crippen LogP contribution in [0, 0.1) is 5.92 Å². The van der Waals surface area contributed by atoms with Crippen molar-refractivity contribution < 1.29 is 14.6 Å². The molecule has 1 aromatic carbocycles. The quantitative estimate of drug-likeness (QED) is 0.850.